The van der Waals surface area contributed by atoms with Crippen LogP contribution in [0, 0.1) is 0 Å². The standard InChI is InChI=1S/C37H24N2OS/c1-4-10-31-27(7-1)28-8-2-5-11-32(28)39(31)26-19-17-24(18-20-26)23-13-15-25(16-14-23)37-38-30-21-22-34-35(36(30)41-37)29-9-3-6-12-33(29)40-34/h1-22,37-38H. The van der Waals surface area contributed by atoms with Gasteiger partial charge in [-0.3, -0.25) is 0 Å². The van der Waals surface area contributed by atoms with Crippen LogP contribution in [0.25, 0.3) is 60.6 Å². The molecule has 8 aromatic rings. The monoisotopic (exact) mass is 544 g/mol. The van der Waals surface area contributed by atoms with Crippen LogP contribution in [0.5, 0.6) is 0 Å². The Balaban J connectivity index is 1.02. The van der Waals surface area contributed by atoms with Gasteiger partial charge in [0, 0.05) is 37.8 Å². The summed E-state index contributed by atoms with van der Waals surface area (Å²) in [4.78, 5) is 1.27. The van der Waals surface area contributed by atoms with Gasteiger partial charge < -0.3 is 14.3 Å². The van der Waals surface area contributed by atoms with Crippen LogP contribution >= 0.6 is 11.8 Å². The molecule has 0 amide bonds. The SMILES string of the molecule is c1ccc2c(c1)oc1ccc3c(c12)SC(c1ccc(-c2ccc(-n4c5ccccc5c5ccccc54)cc2)cc1)N3. The minimum atomic E-state index is 0.163. The zero-order chi connectivity index (χ0) is 26.9. The molecule has 4 heteroatoms. The lowest BCUT2D eigenvalue weighted by Crippen LogP contribution is -2.00. The first-order valence-electron chi connectivity index (χ1n) is 13.9. The van der Waals surface area contributed by atoms with E-state index in [4.69, 9.17) is 4.42 Å². The van der Waals surface area contributed by atoms with E-state index in [9.17, 15) is 0 Å². The van der Waals surface area contributed by atoms with E-state index in [1.54, 1.807) is 0 Å². The molecule has 0 fully saturated rings. The van der Waals surface area contributed by atoms with Gasteiger partial charge in [0.25, 0.3) is 0 Å². The van der Waals surface area contributed by atoms with Crippen LogP contribution < -0.4 is 5.32 Å². The zero-order valence-corrected chi connectivity index (χ0v) is 22.9. The maximum absolute atomic E-state index is 6.11. The molecule has 1 unspecified atom stereocenters. The molecule has 9 rings (SSSR count). The van der Waals surface area contributed by atoms with Gasteiger partial charge in [0.15, 0.2) is 0 Å². The third kappa shape index (κ3) is 3.47. The summed E-state index contributed by atoms with van der Waals surface area (Å²) in [5, 5.41) is 8.84. The molecule has 1 N–H and O–H groups in total. The molecule has 0 spiro atoms. The average Bonchev–Trinajstić information content (AvgIpc) is 3.73. The quantitative estimate of drug-likeness (QED) is 0.240. The van der Waals surface area contributed by atoms with Crippen molar-refractivity contribution in [2.24, 2.45) is 0 Å². The summed E-state index contributed by atoms with van der Waals surface area (Å²) in [6.45, 7) is 0. The third-order valence-electron chi connectivity index (χ3n) is 8.27. The molecule has 6 aromatic carbocycles. The third-order valence-corrected chi connectivity index (χ3v) is 9.56. The molecule has 0 bridgehead atoms. The lowest BCUT2D eigenvalue weighted by atomic mass is 10.0. The molecule has 0 radical (unpaired) electrons. The number of aromatic nitrogens is 1. The Morgan fingerprint density at radius 3 is 1.88 bits per heavy atom. The van der Waals surface area contributed by atoms with E-state index >= 15 is 0 Å². The highest BCUT2D eigenvalue weighted by molar-refractivity contribution is 8.00. The van der Waals surface area contributed by atoms with Gasteiger partial charge in [-0.1, -0.05) is 103 Å². The van der Waals surface area contributed by atoms with Gasteiger partial charge in [-0.05, 0) is 59.2 Å². The molecule has 0 aliphatic carbocycles. The van der Waals surface area contributed by atoms with E-state index in [2.05, 4.69) is 131 Å². The van der Waals surface area contributed by atoms with E-state index in [0.29, 0.717) is 0 Å². The Hall–Kier alpha value is -4.93. The highest BCUT2D eigenvalue weighted by Crippen LogP contribution is 2.51. The molecular weight excluding hydrogens is 520 g/mol. The van der Waals surface area contributed by atoms with Crippen LogP contribution in [-0.4, -0.2) is 4.57 Å². The molecule has 1 aliphatic rings. The molecule has 1 aliphatic heterocycles. The number of nitrogens with zero attached hydrogens (tertiary/aromatic N) is 1. The molecule has 1 atom stereocenters. The van der Waals surface area contributed by atoms with Crippen molar-refractivity contribution in [3.63, 3.8) is 0 Å². The first-order chi connectivity index (χ1) is 20.3. The second-order valence-electron chi connectivity index (χ2n) is 10.6. The normalized spacial score (nSPS) is 14.7. The highest BCUT2D eigenvalue weighted by atomic mass is 32.2. The summed E-state index contributed by atoms with van der Waals surface area (Å²) in [6, 6.07) is 47.7. The number of fused-ring (bicyclic) bond motifs is 8. The Morgan fingerprint density at radius 2 is 1.17 bits per heavy atom. The van der Waals surface area contributed by atoms with Crippen molar-refractivity contribution in [1.82, 2.24) is 4.57 Å². The van der Waals surface area contributed by atoms with Crippen molar-refractivity contribution in [2.75, 3.05) is 5.32 Å². The first kappa shape index (κ1) is 22.8. The van der Waals surface area contributed by atoms with Gasteiger partial charge in [0.1, 0.15) is 16.5 Å². The number of hydrogen-bond acceptors (Lipinski definition) is 3. The van der Waals surface area contributed by atoms with Crippen molar-refractivity contribution in [2.45, 2.75) is 10.3 Å². The average molecular weight is 545 g/mol. The lowest BCUT2D eigenvalue weighted by Gasteiger charge is -2.12. The van der Waals surface area contributed by atoms with Crippen LogP contribution in [0.3, 0.4) is 0 Å². The lowest BCUT2D eigenvalue weighted by molar-refractivity contribution is 0.668. The fourth-order valence-electron chi connectivity index (χ4n) is 6.32. The zero-order valence-electron chi connectivity index (χ0n) is 22.0. The number of furan rings is 1. The Morgan fingerprint density at radius 1 is 0.561 bits per heavy atom. The summed E-state index contributed by atoms with van der Waals surface area (Å²) in [5.74, 6) is 0. The molecule has 41 heavy (non-hydrogen) atoms. The summed E-state index contributed by atoms with van der Waals surface area (Å²) >= 11 is 1.87. The van der Waals surface area contributed by atoms with E-state index in [0.717, 1.165) is 11.2 Å². The van der Waals surface area contributed by atoms with Crippen molar-refractivity contribution in [3.05, 3.63) is 139 Å². The van der Waals surface area contributed by atoms with E-state index in [1.807, 2.05) is 23.9 Å². The summed E-state index contributed by atoms with van der Waals surface area (Å²) in [6.07, 6.45) is 0. The summed E-state index contributed by atoms with van der Waals surface area (Å²) in [7, 11) is 0. The molecule has 2 aromatic heterocycles. The summed E-state index contributed by atoms with van der Waals surface area (Å²) in [5.41, 5.74) is 10.4. The number of thioether (sulfide) groups is 1. The van der Waals surface area contributed by atoms with Crippen LogP contribution in [0.1, 0.15) is 10.9 Å². The molecule has 3 heterocycles. The maximum Gasteiger partial charge on any atom is 0.136 e. The summed E-state index contributed by atoms with van der Waals surface area (Å²) < 4.78 is 8.47. The predicted molar refractivity (Wildman–Crippen MR) is 172 cm³/mol. The molecule has 0 saturated heterocycles. The van der Waals surface area contributed by atoms with Crippen LogP contribution in [0.2, 0.25) is 0 Å². The minimum Gasteiger partial charge on any atom is -0.456 e. The molecule has 194 valence electrons. The number of anilines is 1. The minimum absolute atomic E-state index is 0.163. The number of benzene rings is 6. The van der Waals surface area contributed by atoms with Crippen LogP contribution in [-0.2, 0) is 0 Å². The molecule has 3 nitrogen and oxygen atoms in total. The smallest absolute Gasteiger partial charge is 0.136 e. The van der Waals surface area contributed by atoms with E-state index in [1.165, 1.54) is 65.5 Å². The largest absolute Gasteiger partial charge is 0.456 e. The van der Waals surface area contributed by atoms with Gasteiger partial charge in [-0.15, -0.1) is 0 Å². The van der Waals surface area contributed by atoms with E-state index < -0.39 is 0 Å². The van der Waals surface area contributed by atoms with Crippen LogP contribution in [0.15, 0.2) is 143 Å². The fraction of sp³-hybridized carbons (Fsp3) is 0.0270. The second kappa shape index (κ2) is 8.79. The maximum atomic E-state index is 6.11. The van der Waals surface area contributed by atoms with E-state index in [-0.39, 0.29) is 5.37 Å². The Bertz CT molecular complexity index is 2210. The Kier molecular flexibility index (Phi) is 4.89. The number of hydrogen-bond donors (Lipinski definition) is 1. The van der Waals surface area contributed by atoms with Crippen molar-refractivity contribution < 1.29 is 4.42 Å². The molecule has 0 saturated carbocycles. The molecular formula is C37H24N2OS. The van der Waals surface area contributed by atoms with Crippen LogP contribution in [0.4, 0.5) is 5.69 Å². The number of nitrogens with one attached hydrogen (secondary N) is 1. The van der Waals surface area contributed by atoms with Gasteiger partial charge in [0.05, 0.1) is 11.0 Å². The number of rotatable bonds is 3. The van der Waals surface area contributed by atoms with Gasteiger partial charge in [0.2, 0.25) is 0 Å². The predicted octanol–water partition coefficient (Wildman–Crippen LogP) is 10.6. The second-order valence-corrected chi connectivity index (χ2v) is 11.7. The first-order valence-corrected chi connectivity index (χ1v) is 14.8. The fourth-order valence-corrected chi connectivity index (χ4v) is 7.61. The van der Waals surface area contributed by atoms with Gasteiger partial charge in [-0.25, -0.2) is 0 Å². The topological polar surface area (TPSA) is 30.1 Å². The highest BCUT2D eigenvalue weighted by Gasteiger charge is 2.27. The van der Waals surface area contributed by atoms with Crippen molar-refractivity contribution >= 4 is 61.2 Å². The van der Waals surface area contributed by atoms with Crippen molar-refractivity contribution in [3.8, 4) is 16.8 Å². The van der Waals surface area contributed by atoms with Gasteiger partial charge >= 0.3 is 0 Å². The van der Waals surface area contributed by atoms with Crippen molar-refractivity contribution in [1.29, 1.82) is 0 Å². The number of para-hydroxylation sites is 3. The van der Waals surface area contributed by atoms with Gasteiger partial charge in [-0.2, -0.15) is 0 Å². The Labute approximate surface area is 241 Å².